The first kappa shape index (κ1) is 40.2. The van der Waals surface area contributed by atoms with Gasteiger partial charge < -0.3 is 9.13 Å². The van der Waals surface area contributed by atoms with E-state index in [-0.39, 0.29) is 50.3 Å². The van der Waals surface area contributed by atoms with Crippen molar-refractivity contribution in [3.05, 3.63) is 191 Å². The van der Waals surface area contributed by atoms with Crippen molar-refractivity contribution in [3.8, 4) is 81.2 Å². The second kappa shape index (κ2) is 15.5. The Bertz CT molecular complexity index is 3770. The molecule has 0 aliphatic carbocycles. The van der Waals surface area contributed by atoms with Gasteiger partial charge >= 0.3 is 6.18 Å². The molecule has 8 nitrogen and oxygen atoms in total. The molecule has 11 heteroatoms. The van der Waals surface area contributed by atoms with E-state index in [1.165, 1.54) is 42.5 Å². The van der Waals surface area contributed by atoms with Crippen LogP contribution in [0.15, 0.2) is 152 Å². The summed E-state index contributed by atoms with van der Waals surface area (Å²) in [5, 5.41) is 62.1. The number of fused-ring (bicyclic) bond motifs is 6. The van der Waals surface area contributed by atoms with Crippen molar-refractivity contribution in [2.45, 2.75) is 6.18 Å². The van der Waals surface area contributed by atoms with Crippen molar-refractivity contribution < 1.29 is 13.2 Å². The predicted octanol–water partition coefficient (Wildman–Crippen LogP) is 13.1. The molecule has 2 heterocycles. The van der Waals surface area contributed by atoms with E-state index >= 15 is 13.2 Å². The Hall–Kier alpha value is -9.91. The average Bonchev–Trinajstić information content (AvgIpc) is 3.86. The Balaban J connectivity index is 1.38. The highest BCUT2D eigenvalue weighted by molar-refractivity contribution is 6.12. The summed E-state index contributed by atoms with van der Waals surface area (Å²) < 4.78 is 53.1. The number of para-hydroxylation sites is 2. The van der Waals surface area contributed by atoms with E-state index < -0.39 is 11.7 Å². The monoisotopic (exact) mass is 854 g/mol. The molecule has 0 aliphatic heterocycles. The zero-order chi connectivity index (χ0) is 45.9. The lowest BCUT2D eigenvalue weighted by Crippen LogP contribution is -2.16. The number of alkyl halides is 3. The minimum Gasteiger partial charge on any atom is -0.309 e. The molecule has 0 atom stereocenters. The number of nitrogens with zero attached hydrogens (tertiary/aromatic N) is 8. The first-order valence-corrected chi connectivity index (χ1v) is 20.2. The third kappa shape index (κ3) is 6.42. The van der Waals surface area contributed by atoms with Crippen molar-refractivity contribution in [2.24, 2.45) is 0 Å². The fraction of sp³-hybridized carbons (Fsp3) is 0.0182. The van der Waals surface area contributed by atoms with Gasteiger partial charge in [0.1, 0.15) is 5.56 Å². The van der Waals surface area contributed by atoms with Crippen molar-refractivity contribution in [3.63, 3.8) is 0 Å². The summed E-state index contributed by atoms with van der Waals surface area (Å²) in [5.74, 6) is 0. The van der Waals surface area contributed by atoms with E-state index in [4.69, 9.17) is 0 Å². The number of hydrogen-bond donors (Lipinski definition) is 0. The lowest BCUT2D eigenvalue weighted by molar-refractivity contribution is -0.137. The van der Waals surface area contributed by atoms with Crippen LogP contribution in [-0.2, 0) is 6.18 Å². The van der Waals surface area contributed by atoms with E-state index in [0.717, 1.165) is 0 Å². The summed E-state index contributed by atoms with van der Waals surface area (Å²) in [4.78, 5) is 0. The van der Waals surface area contributed by atoms with Gasteiger partial charge in [0.05, 0.1) is 103 Å². The van der Waals surface area contributed by atoms with Gasteiger partial charge in [-0.25, -0.2) is 0 Å². The summed E-state index contributed by atoms with van der Waals surface area (Å²) in [6.07, 6.45) is -5.01. The zero-order valence-electron chi connectivity index (χ0n) is 34.1. The molecule has 10 aromatic rings. The molecular formula is C55H25F3N8. The normalized spacial score (nSPS) is 11.2. The van der Waals surface area contributed by atoms with Gasteiger partial charge in [0.15, 0.2) is 0 Å². The van der Waals surface area contributed by atoms with E-state index in [1.54, 1.807) is 94.1 Å². The van der Waals surface area contributed by atoms with Gasteiger partial charge in [-0.3, -0.25) is 0 Å². The Morgan fingerprint density at radius 1 is 0.348 bits per heavy atom. The largest absolute Gasteiger partial charge is 0.420 e. The van der Waals surface area contributed by atoms with Crippen LogP contribution in [0.3, 0.4) is 0 Å². The summed E-state index contributed by atoms with van der Waals surface area (Å²) in [6.45, 7) is 0. The number of hydrogen-bond acceptors (Lipinski definition) is 6. The van der Waals surface area contributed by atoms with Crippen molar-refractivity contribution >= 4 is 43.6 Å². The summed E-state index contributed by atoms with van der Waals surface area (Å²) >= 11 is 0. The first-order chi connectivity index (χ1) is 32.1. The van der Waals surface area contributed by atoms with Gasteiger partial charge in [0.2, 0.25) is 0 Å². The van der Waals surface area contributed by atoms with E-state index in [0.29, 0.717) is 71.4 Å². The van der Waals surface area contributed by atoms with Gasteiger partial charge in [-0.05, 0) is 112 Å². The Labute approximate surface area is 374 Å². The minimum atomic E-state index is -5.01. The minimum absolute atomic E-state index is 0.140. The van der Waals surface area contributed by atoms with Gasteiger partial charge in [0, 0.05) is 21.5 Å². The maximum absolute atomic E-state index is 16.7. The van der Waals surface area contributed by atoms with Crippen molar-refractivity contribution in [1.82, 2.24) is 9.13 Å². The predicted molar refractivity (Wildman–Crippen MR) is 245 cm³/mol. The highest BCUT2D eigenvalue weighted by atomic mass is 19.4. The van der Waals surface area contributed by atoms with Gasteiger partial charge in [0.25, 0.3) is 0 Å². The molecule has 2 aromatic heterocycles. The second-order valence-electron chi connectivity index (χ2n) is 15.5. The third-order valence-electron chi connectivity index (χ3n) is 11.9. The maximum atomic E-state index is 16.7. The number of nitriles is 6. The molecule has 0 saturated carbocycles. The molecule has 0 saturated heterocycles. The van der Waals surface area contributed by atoms with Crippen molar-refractivity contribution in [1.29, 1.82) is 31.6 Å². The highest BCUT2D eigenvalue weighted by Crippen LogP contribution is 2.47. The van der Waals surface area contributed by atoms with E-state index in [1.807, 2.05) is 36.4 Å². The van der Waals surface area contributed by atoms with Gasteiger partial charge in [-0.1, -0.05) is 72.8 Å². The molecule has 0 bridgehead atoms. The average molecular weight is 855 g/mol. The van der Waals surface area contributed by atoms with E-state index in [9.17, 15) is 31.6 Å². The fourth-order valence-electron chi connectivity index (χ4n) is 9.06. The lowest BCUT2D eigenvalue weighted by atomic mass is 9.96. The quantitative estimate of drug-likeness (QED) is 0.168. The standard InChI is InChI=1S/C55H25F3N8/c56-55(57,58)54-52(65-48-7-3-1-5-44(48)46-15-11-36(22-50(46)65)42-13-9-32(26-59)18-40(42)30-63)24-39(38-20-34(28-61)17-35(21-38)29-62)25-53(54)66-49-8-4-2-6-45(49)47-16-12-37(23-51(47)66)43-14-10-33(27-60)19-41(43)31-64/h1-25H. The lowest BCUT2D eigenvalue weighted by Gasteiger charge is -2.23. The molecule has 66 heavy (non-hydrogen) atoms. The number of benzene rings is 8. The van der Waals surface area contributed by atoms with Crippen LogP contribution in [0, 0.1) is 68.0 Å². The summed E-state index contributed by atoms with van der Waals surface area (Å²) in [5.41, 5.74) is 4.15. The smallest absolute Gasteiger partial charge is 0.309 e. The van der Waals surface area contributed by atoms with Crippen LogP contribution >= 0.6 is 0 Å². The number of halogens is 3. The highest BCUT2D eigenvalue weighted by Gasteiger charge is 2.39. The Morgan fingerprint density at radius 3 is 1.17 bits per heavy atom. The third-order valence-corrected chi connectivity index (χ3v) is 11.9. The Morgan fingerprint density at radius 2 is 0.758 bits per heavy atom. The van der Waals surface area contributed by atoms with Crippen LogP contribution in [0.2, 0.25) is 0 Å². The SMILES string of the molecule is N#Cc1cc(C#N)cc(-c2cc(-n3c4ccccc4c4ccc(-c5ccc(C#N)cc5C#N)cc43)c(C(F)(F)F)c(-n3c4ccccc4c4ccc(-c5ccc(C#N)cc5C#N)cc43)c2)c1. The topological polar surface area (TPSA) is 153 Å². The molecule has 8 aromatic carbocycles. The van der Waals surface area contributed by atoms with Crippen LogP contribution in [0.25, 0.3) is 88.4 Å². The maximum Gasteiger partial charge on any atom is 0.420 e. The van der Waals surface area contributed by atoms with Crippen LogP contribution in [-0.4, -0.2) is 9.13 Å². The molecule has 0 unspecified atom stereocenters. The zero-order valence-corrected chi connectivity index (χ0v) is 34.1. The van der Waals surface area contributed by atoms with Gasteiger partial charge in [-0.15, -0.1) is 0 Å². The summed E-state index contributed by atoms with van der Waals surface area (Å²) in [7, 11) is 0. The molecule has 0 N–H and O–H groups in total. The molecular weight excluding hydrogens is 830 g/mol. The van der Waals surface area contributed by atoms with E-state index in [2.05, 4.69) is 24.3 Å². The molecule has 306 valence electrons. The second-order valence-corrected chi connectivity index (χ2v) is 15.5. The van der Waals surface area contributed by atoms with Crippen molar-refractivity contribution in [2.75, 3.05) is 0 Å². The molecule has 0 spiro atoms. The van der Waals surface area contributed by atoms with Crippen LogP contribution in [0.4, 0.5) is 13.2 Å². The summed E-state index contributed by atoms with van der Waals surface area (Å²) in [6, 6.07) is 54.3. The Kier molecular flexibility index (Phi) is 9.41. The van der Waals surface area contributed by atoms with Crippen LogP contribution in [0.1, 0.15) is 38.9 Å². The molecule has 10 rings (SSSR count). The van der Waals surface area contributed by atoms with Gasteiger partial charge in [-0.2, -0.15) is 44.7 Å². The molecule has 0 aliphatic rings. The molecule has 0 amide bonds. The molecule has 0 fully saturated rings. The van der Waals surface area contributed by atoms with Crippen LogP contribution in [0.5, 0.6) is 0 Å². The number of rotatable bonds is 5. The first-order valence-electron chi connectivity index (χ1n) is 20.2. The van der Waals surface area contributed by atoms with Crippen LogP contribution < -0.4 is 0 Å². The molecule has 0 radical (unpaired) electrons. The fourth-order valence-corrected chi connectivity index (χ4v) is 9.06. The number of aromatic nitrogens is 2.